The van der Waals surface area contributed by atoms with Gasteiger partial charge in [-0.2, -0.15) is 4.31 Å². The first-order valence-electron chi connectivity index (χ1n) is 6.40. The van der Waals surface area contributed by atoms with Gasteiger partial charge in [-0.25, -0.2) is 8.42 Å². The van der Waals surface area contributed by atoms with Crippen molar-refractivity contribution in [3.05, 3.63) is 32.8 Å². The largest absolute Gasteiger partial charge is 0.481 e. The van der Waals surface area contributed by atoms with Crippen LogP contribution in [-0.4, -0.2) is 41.8 Å². The molecule has 1 aromatic carbocycles. The van der Waals surface area contributed by atoms with Gasteiger partial charge in [-0.3, -0.25) is 14.9 Å². The highest BCUT2D eigenvalue weighted by Crippen LogP contribution is 2.29. The van der Waals surface area contributed by atoms with Gasteiger partial charge in [0, 0.05) is 29.7 Å². The van der Waals surface area contributed by atoms with Crippen molar-refractivity contribution in [1.82, 2.24) is 4.31 Å². The van der Waals surface area contributed by atoms with E-state index in [4.69, 9.17) is 5.11 Å². The second-order valence-corrected chi connectivity index (χ2v) is 7.80. The van der Waals surface area contributed by atoms with E-state index in [1.807, 2.05) is 0 Å². The molecule has 1 aliphatic rings. The Morgan fingerprint density at radius 1 is 1.41 bits per heavy atom. The van der Waals surface area contributed by atoms with E-state index in [0.717, 1.165) is 10.4 Å². The number of nitro groups is 1. The van der Waals surface area contributed by atoms with Crippen molar-refractivity contribution in [3.63, 3.8) is 0 Å². The van der Waals surface area contributed by atoms with Crippen molar-refractivity contribution < 1.29 is 23.2 Å². The Labute approximate surface area is 135 Å². The lowest BCUT2D eigenvalue weighted by Crippen LogP contribution is -2.42. The van der Waals surface area contributed by atoms with E-state index in [9.17, 15) is 23.3 Å². The Bertz CT molecular complexity index is 720. The molecule has 1 heterocycles. The monoisotopic (exact) mass is 392 g/mol. The molecule has 0 aromatic heterocycles. The number of piperidine rings is 1. The van der Waals surface area contributed by atoms with Crippen LogP contribution in [0.4, 0.5) is 5.69 Å². The van der Waals surface area contributed by atoms with E-state index in [0.29, 0.717) is 12.8 Å². The van der Waals surface area contributed by atoms with Gasteiger partial charge in [0.15, 0.2) is 0 Å². The van der Waals surface area contributed by atoms with Crippen molar-refractivity contribution in [3.8, 4) is 0 Å². The zero-order valence-electron chi connectivity index (χ0n) is 11.3. The summed E-state index contributed by atoms with van der Waals surface area (Å²) in [7, 11) is -3.97. The zero-order chi connectivity index (χ0) is 16.5. The molecule has 0 spiro atoms. The van der Waals surface area contributed by atoms with Gasteiger partial charge in [0.05, 0.1) is 15.7 Å². The molecule has 1 N–H and O–H groups in total. The molecule has 1 unspecified atom stereocenters. The second-order valence-electron chi connectivity index (χ2n) is 4.94. The summed E-state index contributed by atoms with van der Waals surface area (Å²) < 4.78 is 26.5. The smallest absolute Gasteiger partial charge is 0.307 e. The van der Waals surface area contributed by atoms with E-state index in [1.54, 1.807) is 0 Å². The number of carboxylic acids is 1. The van der Waals surface area contributed by atoms with Crippen molar-refractivity contribution in [2.45, 2.75) is 17.7 Å². The van der Waals surface area contributed by atoms with Crippen molar-refractivity contribution >= 4 is 37.6 Å². The molecular weight excluding hydrogens is 380 g/mol. The summed E-state index contributed by atoms with van der Waals surface area (Å²) in [5, 5.41) is 19.9. The number of carboxylic acid groups (broad SMARTS) is 1. The van der Waals surface area contributed by atoms with Gasteiger partial charge in [0.2, 0.25) is 10.0 Å². The van der Waals surface area contributed by atoms with Crippen molar-refractivity contribution in [2.24, 2.45) is 5.92 Å². The van der Waals surface area contributed by atoms with Crippen molar-refractivity contribution in [1.29, 1.82) is 0 Å². The van der Waals surface area contributed by atoms with Gasteiger partial charge in [-0.1, -0.05) is 15.9 Å². The number of nitrogens with zero attached hydrogens (tertiary/aromatic N) is 2. The Kier molecular flexibility index (Phi) is 4.83. The lowest BCUT2D eigenvalue weighted by Gasteiger charge is -2.29. The third kappa shape index (κ3) is 3.45. The molecule has 0 amide bonds. The molecule has 120 valence electrons. The van der Waals surface area contributed by atoms with Gasteiger partial charge >= 0.3 is 5.97 Å². The van der Waals surface area contributed by atoms with Crippen LogP contribution in [0.15, 0.2) is 27.6 Å². The summed E-state index contributed by atoms with van der Waals surface area (Å²) in [6.07, 6.45) is 0.853. The molecule has 0 saturated carbocycles. The van der Waals surface area contributed by atoms with Gasteiger partial charge in [0.1, 0.15) is 0 Å². The van der Waals surface area contributed by atoms with Crippen LogP contribution in [0.25, 0.3) is 0 Å². The molecule has 2 rings (SSSR count). The summed E-state index contributed by atoms with van der Waals surface area (Å²) in [6.45, 7) is 0.0738. The standard InChI is InChI=1S/C12H13BrN2O6S/c13-9-4-10(15(18)19)6-11(5-9)22(20,21)14-3-1-2-8(7-14)12(16)17/h4-6,8H,1-3,7H2,(H,16,17). The number of rotatable bonds is 4. The third-order valence-corrected chi connectivity index (χ3v) is 5.74. The van der Waals surface area contributed by atoms with Gasteiger partial charge in [-0.15, -0.1) is 0 Å². The first-order valence-corrected chi connectivity index (χ1v) is 8.63. The predicted octanol–water partition coefficient (Wildman–Crippen LogP) is 1.84. The molecule has 1 aliphatic heterocycles. The zero-order valence-corrected chi connectivity index (χ0v) is 13.7. The number of carbonyl (C=O) groups is 1. The number of non-ortho nitro benzene ring substituents is 1. The van der Waals surface area contributed by atoms with Gasteiger partial charge < -0.3 is 5.11 Å². The highest BCUT2D eigenvalue weighted by atomic mass is 79.9. The van der Waals surface area contributed by atoms with E-state index in [2.05, 4.69) is 15.9 Å². The van der Waals surface area contributed by atoms with Crippen LogP contribution < -0.4 is 0 Å². The van der Waals surface area contributed by atoms with Crippen molar-refractivity contribution in [2.75, 3.05) is 13.1 Å². The minimum atomic E-state index is -3.97. The highest BCUT2D eigenvalue weighted by Gasteiger charge is 2.34. The van der Waals surface area contributed by atoms with Crippen LogP contribution in [0.5, 0.6) is 0 Å². The Balaban J connectivity index is 2.38. The molecule has 1 saturated heterocycles. The van der Waals surface area contributed by atoms with Crippen LogP contribution in [-0.2, 0) is 14.8 Å². The molecule has 10 heteroatoms. The van der Waals surface area contributed by atoms with Gasteiger partial charge in [-0.05, 0) is 18.9 Å². The first kappa shape index (κ1) is 16.8. The Morgan fingerprint density at radius 3 is 2.68 bits per heavy atom. The summed E-state index contributed by atoms with van der Waals surface area (Å²) in [6, 6.07) is 3.45. The average Bonchev–Trinajstić information content (AvgIpc) is 2.46. The summed E-state index contributed by atoms with van der Waals surface area (Å²) in [5.41, 5.74) is -0.347. The fourth-order valence-corrected chi connectivity index (χ4v) is 4.54. The molecule has 8 nitrogen and oxygen atoms in total. The molecule has 0 aliphatic carbocycles. The quantitative estimate of drug-likeness (QED) is 0.616. The summed E-state index contributed by atoms with van der Waals surface area (Å²) >= 11 is 3.05. The fourth-order valence-electron chi connectivity index (χ4n) is 2.31. The number of hydrogen-bond donors (Lipinski definition) is 1. The lowest BCUT2D eigenvalue weighted by atomic mass is 10.0. The second kappa shape index (κ2) is 6.31. The molecule has 1 aromatic rings. The van der Waals surface area contributed by atoms with Crippen LogP contribution in [0, 0.1) is 16.0 Å². The fraction of sp³-hybridized carbons (Fsp3) is 0.417. The number of hydrogen-bond acceptors (Lipinski definition) is 5. The summed E-state index contributed by atoms with van der Waals surface area (Å²) in [4.78, 5) is 21.0. The Hall–Kier alpha value is -1.52. The minimum absolute atomic E-state index is 0.127. The van der Waals surface area contributed by atoms with Crippen LogP contribution >= 0.6 is 15.9 Å². The maximum atomic E-state index is 12.6. The maximum Gasteiger partial charge on any atom is 0.307 e. The molecular formula is C12H13BrN2O6S. The topological polar surface area (TPSA) is 118 Å². The molecule has 1 fully saturated rings. The van der Waals surface area contributed by atoms with E-state index < -0.39 is 26.8 Å². The Morgan fingerprint density at radius 2 is 2.09 bits per heavy atom. The lowest BCUT2D eigenvalue weighted by molar-refractivity contribution is -0.385. The number of benzene rings is 1. The number of sulfonamides is 1. The predicted molar refractivity (Wildman–Crippen MR) is 79.9 cm³/mol. The van der Waals surface area contributed by atoms with Crippen LogP contribution in [0.2, 0.25) is 0 Å². The molecule has 0 radical (unpaired) electrons. The normalized spacial score (nSPS) is 19.8. The third-order valence-electron chi connectivity index (χ3n) is 3.44. The highest BCUT2D eigenvalue weighted by molar-refractivity contribution is 9.10. The molecule has 1 atom stereocenters. The van der Waals surface area contributed by atoms with Crippen LogP contribution in [0.1, 0.15) is 12.8 Å². The molecule has 0 bridgehead atoms. The molecule has 22 heavy (non-hydrogen) atoms. The maximum absolute atomic E-state index is 12.6. The first-order chi connectivity index (χ1) is 10.2. The summed E-state index contributed by atoms with van der Waals surface area (Å²) in [5.74, 6) is -1.80. The minimum Gasteiger partial charge on any atom is -0.481 e. The van der Waals surface area contributed by atoms with E-state index in [-0.39, 0.29) is 28.1 Å². The SMILES string of the molecule is O=C(O)C1CCCN(S(=O)(=O)c2cc(Br)cc([N+](=O)[O-])c2)C1. The average molecular weight is 393 g/mol. The van der Waals surface area contributed by atoms with E-state index >= 15 is 0 Å². The number of nitro benzene ring substituents is 1. The van der Waals surface area contributed by atoms with Gasteiger partial charge in [0.25, 0.3) is 5.69 Å². The van der Waals surface area contributed by atoms with Crippen LogP contribution in [0.3, 0.4) is 0 Å². The van der Waals surface area contributed by atoms with E-state index in [1.165, 1.54) is 12.1 Å². The number of aliphatic carboxylic acids is 1. The number of halogens is 1.